The summed E-state index contributed by atoms with van der Waals surface area (Å²) in [4.78, 5) is 23.9. The van der Waals surface area contributed by atoms with Gasteiger partial charge in [0.05, 0.1) is 7.11 Å². The van der Waals surface area contributed by atoms with E-state index in [0.29, 0.717) is 16.9 Å². The van der Waals surface area contributed by atoms with Crippen LogP contribution in [0.15, 0.2) is 60.7 Å². The zero-order valence-electron chi connectivity index (χ0n) is 18.2. The first-order chi connectivity index (χ1) is 15.8. The van der Waals surface area contributed by atoms with E-state index in [1.165, 1.54) is 18.9 Å². The van der Waals surface area contributed by atoms with E-state index in [2.05, 4.69) is 0 Å². The zero-order chi connectivity index (χ0) is 24.0. The number of benzene rings is 3. The fraction of sp³-hybridized carbons (Fsp3) is 0.200. The highest BCUT2D eigenvalue weighted by molar-refractivity contribution is 5.79. The van der Waals surface area contributed by atoms with E-state index in [-0.39, 0.29) is 31.4 Å². The van der Waals surface area contributed by atoms with E-state index in [4.69, 9.17) is 14.6 Å². The van der Waals surface area contributed by atoms with Crippen LogP contribution in [0.1, 0.15) is 18.1 Å². The number of nitrogens with zero attached hydrogens (tertiary/aromatic N) is 1. The van der Waals surface area contributed by atoms with Gasteiger partial charge < -0.3 is 19.5 Å². The highest BCUT2D eigenvalue weighted by Crippen LogP contribution is 2.33. The number of hydrogen-bond donors (Lipinski definition) is 1. The van der Waals surface area contributed by atoms with Gasteiger partial charge in [-0.25, -0.2) is 8.78 Å². The Morgan fingerprint density at radius 3 is 2.27 bits per heavy atom. The van der Waals surface area contributed by atoms with Crippen molar-refractivity contribution in [2.45, 2.75) is 20.1 Å². The summed E-state index contributed by atoms with van der Waals surface area (Å²) in [5.41, 5.74) is 2.70. The molecule has 0 unspecified atom stereocenters. The van der Waals surface area contributed by atoms with E-state index in [0.717, 1.165) is 23.3 Å². The molecule has 3 rings (SSSR count). The van der Waals surface area contributed by atoms with Gasteiger partial charge in [0.1, 0.15) is 24.7 Å². The first kappa shape index (κ1) is 23.7. The van der Waals surface area contributed by atoms with Crippen molar-refractivity contribution in [1.29, 1.82) is 0 Å². The minimum Gasteiger partial charge on any atom is -0.496 e. The average molecular weight is 455 g/mol. The number of carboxylic acids is 1. The second-order valence-corrected chi connectivity index (χ2v) is 7.37. The monoisotopic (exact) mass is 455 g/mol. The van der Waals surface area contributed by atoms with Gasteiger partial charge in [-0.3, -0.25) is 9.59 Å². The Morgan fingerprint density at radius 1 is 0.970 bits per heavy atom. The third-order valence-electron chi connectivity index (χ3n) is 4.95. The highest BCUT2D eigenvalue weighted by Gasteiger charge is 2.14. The Kier molecular flexibility index (Phi) is 7.61. The number of carbonyl (C=O) groups excluding carboxylic acids is 1. The molecular formula is C25H23F2NO5. The van der Waals surface area contributed by atoms with Crippen molar-refractivity contribution < 1.29 is 33.0 Å². The normalized spacial score (nSPS) is 10.5. The van der Waals surface area contributed by atoms with E-state index in [9.17, 15) is 18.4 Å². The van der Waals surface area contributed by atoms with Gasteiger partial charge in [0, 0.05) is 25.1 Å². The number of methoxy groups -OCH3 is 1. The summed E-state index contributed by atoms with van der Waals surface area (Å²) in [6.45, 7) is 1.39. The third kappa shape index (κ3) is 6.29. The van der Waals surface area contributed by atoms with Crippen LogP contribution in [0.25, 0.3) is 11.1 Å². The van der Waals surface area contributed by atoms with Crippen molar-refractivity contribution in [1.82, 2.24) is 4.90 Å². The van der Waals surface area contributed by atoms with Crippen LogP contribution >= 0.6 is 0 Å². The van der Waals surface area contributed by atoms with Crippen molar-refractivity contribution in [2.75, 3.05) is 13.7 Å². The van der Waals surface area contributed by atoms with Crippen LogP contribution in [-0.2, 0) is 22.7 Å². The number of rotatable bonds is 9. The first-order valence-electron chi connectivity index (χ1n) is 10.1. The predicted molar refractivity (Wildman–Crippen MR) is 118 cm³/mol. The standard InChI is InChI=1S/C25H23F2NO5/c1-16(29)28(14-25(30)31)13-17-4-3-5-18(10-17)15-33-20-8-6-19(7-9-20)21-11-22(26)23(27)12-24(21)32-2/h3-12H,13-15H2,1-2H3,(H,30,31). The molecule has 0 radical (unpaired) electrons. The molecule has 0 aliphatic carbocycles. The maximum Gasteiger partial charge on any atom is 0.323 e. The second kappa shape index (κ2) is 10.6. The Hall–Kier alpha value is -3.94. The van der Waals surface area contributed by atoms with Crippen LogP contribution in [0.3, 0.4) is 0 Å². The van der Waals surface area contributed by atoms with Crippen LogP contribution in [0.2, 0.25) is 0 Å². The van der Waals surface area contributed by atoms with Crippen molar-refractivity contribution in [3.05, 3.63) is 83.4 Å². The molecule has 172 valence electrons. The molecule has 1 N–H and O–H groups in total. The molecule has 6 nitrogen and oxygen atoms in total. The summed E-state index contributed by atoms with van der Waals surface area (Å²) >= 11 is 0. The largest absolute Gasteiger partial charge is 0.496 e. The Balaban J connectivity index is 1.68. The van der Waals surface area contributed by atoms with E-state index in [1.807, 2.05) is 24.3 Å². The molecule has 0 bridgehead atoms. The lowest BCUT2D eigenvalue weighted by atomic mass is 10.0. The quantitative estimate of drug-likeness (QED) is 0.508. The molecular weight excluding hydrogens is 432 g/mol. The lowest BCUT2D eigenvalue weighted by molar-refractivity contribution is -0.144. The summed E-state index contributed by atoms with van der Waals surface area (Å²) < 4.78 is 38.1. The van der Waals surface area contributed by atoms with Gasteiger partial charge in [-0.1, -0.05) is 36.4 Å². The SMILES string of the molecule is COc1cc(F)c(F)cc1-c1ccc(OCc2cccc(CN(CC(=O)O)C(C)=O)c2)cc1. The van der Waals surface area contributed by atoms with Gasteiger partial charge >= 0.3 is 5.97 Å². The maximum atomic E-state index is 13.7. The molecule has 33 heavy (non-hydrogen) atoms. The smallest absolute Gasteiger partial charge is 0.323 e. The Bertz CT molecular complexity index is 1150. The summed E-state index contributed by atoms with van der Waals surface area (Å²) in [5.74, 6) is -2.54. The molecule has 1 amide bonds. The van der Waals surface area contributed by atoms with Crippen LogP contribution in [0, 0.1) is 11.6 Å². The van der Waals surface area contributed by atoms with Crippen LogP contribution in [0.4, 0.5) is 8.78 Å². The first-order valence-corrected chi connectivity index (χ1v) is 10.1. The van der Waals surface area contributed by atoms with Gasteiger partial charge in [0.2, 0.25) is 5.91 Å². The van der Waals surface area contributed by atoms with E-state index >= 15 is 0 Å². The molecule has 0 aliphatic heterocycles. The van der Waals surface area contributed by atoms with Crippen molar-refractivity contribution in [3.63, 3.8) is 0 Å². The van der Waals surface area contributed by atoms with Gasteiger partial charge in [-0.15, -0.1) is 0 Å². The second-order valence-electron chi connectivity index (χ2n) is 7.37. The number of carbonyl (C=O) groups is 2. The number of halogens is 2. The molecule has 0 aromatic heterocycles. The van der Waals surface area contributed by atoms with Gasteiger partial charge in [-0.2, -0.15) is 0 Å². The third-order valence-corrected chi connectivity index (χ3v) is 4.95. The topological polar surface area (TPSA) is 76.1 Å². The molecule has 0 saturated carbocycles. The number of ether oxygens (including phenoxy) is 2. The molecule has 3 aromatic carbocycles. The fourth-order valence-electron chi connectivity index (χ4n) is 3.30. The molecule has 3 aromatic rings. The van der Waals surface area contributed by atoms with Gasteiger partial charge in [0.15, 0.2) is 11.6 Å². The number of aliphatic carboxylic acids is 1. The lowest BCUT2D eigenvalue weighted by Crippen LogP contribution is -2.33. The molecule has 0 atom stereocenters. The van der Waals surface area contributed by atoms with Crippen molar-refractivity contribution in [2.24, 2.45) is 0 Å². The van der Waals surface area contributed by atoms with E-state index < -0.39 is 17.6 Å². The van der Waals surface area contributed by atoms with Gasteiger partial charge in [0.25, 0.3) is 0 Å². The number of hydrogen-bond acceptors (Lipinski definition) is 4. The molecule has 8 heteroatoms. The number of carboxylic acid groups (broad SMARTS) is 1. The van der Waals surface area contributed by atoms with Crippen molar-refractivity contribution >= 4 is 11.9 Å². The lowest BCUT2D eigenvalue weighted by Gasteiger charge is -2.19. The minimum atomic E-state index is -1.07. The summed E-state index contributed by atoms with van der Waals surface area (Å²) in [5, 5.41) is 8.97. The minimum absolute atomic E-state index is 0.181. The van der Waals surface area contributed by atoms with Crippen LogP contribution in [-0.4, -0.2) is 35.5 Å². The molecule has 0 fully saturated rings. The Labute approximate surface area is 190 Å². The average Bonchev–Trinajstić information content (AvgIpc) is 2.79. The zero-order valence-corrected chi connectivity index (χ0v) is 18.2. The van der Waals surface area contributed by atoms with Gasteiger partial charge in [-0.05, 0) is 34.9 Å². The predicted octanol–water partition coefficient (Wildman–Crippen LogP) is 4.65. The van der Waals surface area contributed by atoms with Crippen LogP contribution < -0.4 is 9.47 Å². The molecule has 0 saturated heterocycles. The highest BCUT2D eigenvalue weighted by atomic mass is 19.2. The molecule has 0 heterocycles. The maximum absolute atomic E-state index is 13.7. The summed E-state index contributed by atoms with van der Waals surface area (Å²) in [7, 11) is 1.39. The van der Waals surface area contributed by atoms with E-state index in [1.54, 1.807) is 24.3 Å². The molecule has 0 spiro atoms. The number of amides is 1. The van der Waals surface area contributed by atoms with Crippen LogP contribution in [0.5, 0.6) is 11.5 Å². The Morgan fingerprint density at radius 2 is 1.64 bits per heavy atom. The molecule has 0 aliphatic rings. The summed E-state index contributed by atoms with van der Waals surface area (Å²) in [6, 6.07) is 16.3. The fourth-order valence-corrected chi connectivity index (χ4v) is 3.30. The van der Waals surface area contributed by atoms with Crippen molar-refractivity contribution in [3.8, 4) is 22.6 Å². The summed E-state index contributed by atoms with van der Waals surface area (Å²) in [6.07, 6.45) is 0.